The van der Waals surface area contributed by atoms with Crippen molar-refractivity contribution in [3.05, 3.63) is 64.1 Å². The van der Waals surface area contributed by atoms with Gasteiger partial charge < -0.3 is 15.4 Å². The zero-order valence-electron chi connectivity index (χ0n) is 14.2. The Kier molecular flexibility index (Phi) is 6.67. The number of carbonyl (C=O) groups is 1. The molecule has 2 N–H and O–H groups in total. The second-order valence-corrected chi connectivity index (χ2v) is 6.54. The fourth-order valence-corrected chi connectivity index (χ4v) is 2.93. The maximum atomic E-state index is 12.3. The van der Waals surface area contributed by atoms with Crippen LogP contribution in [0.3, 0.4) is 0 Å². The Morgan fingerprint density at radius 1 is 1.12 bits per heavy atom. The zero-order chi connectivity index (χ0) is 17.5. The molecule has 0 saturated heterocycles. The molecule has 0 bridgehead atoms. The highest BCUT2D eigenvalue weighted by Gasteiger charge is 2.15. The summed E-state index contributed by atoms with van der Waals surface area (Å²) in [5.41, 5.74) is 2.11. The van der Waals surface area contributed by atoms with E-state index in [0.717, 1.165) is 27.8 Å². The topological polar surface area (TPSA) is 50.4 Å². The molecule has 0 aromatic heterocycles. The monoisotopic (exact) mass is 390 g/mol. The van der Waals surface area contributed by atoms with E-state index in [1.807, 2.05) is 62.4 Å². The standard InChI is InChI=1S/C19H23BrN2O2/c1-4-18(14-8-10-17(24-3)11-9-14)22-19(23)21-13(2)15-6-5-7-16(20)12-15/h5-13,18H,4H2,1-3H3,(H2,21,22,23). The van der Waals surface area contributed by atoms with Gasteiger partial charge in [0.2, 0.25) is 0 Å². The molecule has 0 fully saturated rings. The lowest BCUT2D eigenvalue weighted by Crippen LogP contribution is -2.39. The van der Waals surface area contributed by atoms with Crippen LogP contribution < -0.4 is 15.4 Å². The van der Waals surface area contributed by atoms with Gasteiger partial charge in [0.25, 0.3) is 0 Å². The molecular formula is C19H23BrN2O2. The Bertz CT molecular complexity index is 673. The Morgan fingerprint density at radius 2 is 1.83 bits per heavy atom. The summed E-state index contributed by atoms with van der Waals surface area (Å²) >= 11 is 3.45. The molecular weight excluding hydrogens is 368 g/mol. The maximum Gasteiger partial charge on any atom is 0.315 e. The molecule has 24 heavy (non-hydrogen) atoms. The molecule has 0 spiro atoms. The summed E-state index contributed by atoms with van der Waals surface area (Å²) in [5, 5.41) is 6.02. The first-order valence-electron chi connectivity index (χ1n) is 8.00. The van der Waals surface area contributed by atoms with E-state index in [-0.39, 0.29) is 18.1 Å². The van der Waals surface area contributed by atoms with E-state index in [1.165, 1.54) is 0 Å². The van der Waals surface area contributed by atoms with Crippen LogP contribution in [-0.4, -0.2) is 13.1 Å². The molecule has 4 nitrogen and oxygen atoms in total. The number of rotatable bonds is 6. The van der Waals surface area contributed by atoms with Crippen LogP contribution in [0, 0.1) is 0 Å². The van der Waals surface area contributed by atoms with Crippen LogP contribution in [0.2, 0.25) is 0 Å². The third-order valence-corrected chi connectivity index (χ3v) is 4.42. The van der Waals surface area contributed by atoms with Crippen LogP contribution in [0.4, 0.5) is 4.79 Å². The predicted octanol–water partition coefficient (Wildman–Crippen LogP) is 4.97. The summed E-state index contributed by atoms with van der Waals surface area (Å²) < 4.78 is 6.17. The molecule has 0 heterocycles. The van der Waals surface area contributed by atoms with E-state index in [2.05, 4.69) is 26.6 Å². The van der Waals surface area contributed by atoms with Crippen LogP contribution in [0.25, 0.3) is 0 Å². The average molecular weight is 391 g/mol. The molecule has 0 aliphatic carbocycles. The molecule has 0 aliphatic heterocycles. The molecule has 0 radical (unpaired) electrons. The van der Waals surface area contributed by atoms with Crippen molar-refractivity contribution in [3.63, 3.8) is 0 Å². The van der Waals surface area contributed by atoms with Crippen LogP contribution in [0.15, 0.2) is 53.0 Å². The fraction of sp³-hybridized carbons (Fsp3) is 0.316. The van der Waals surface area contributed by atoms with Gasteiger partial charge in [-0.05, 0) is 48.7 Å². The zero-order valence-corrected chi connectivity index (χ0v) is 15.8. The number of urea groups is 1. The van der Waals surface area contributed by atoms with E-state index in [9.17, 15) is 4.79 Å². The highest BCUT2D eigenvalue weighted by Crippen LogP contribution is 2.21. The lowest BCUT2D eigenvalue weighted by molar-refractivity contribution is 0.233. The second-order valence-electron chi connectivity index (χ2n) is 5.63. The van der Waals surface area contributed by atoms with E-state index < -0.39 is 0 Å². The number of ether oxygens (including phenoxy) is 1. The molecule has 0 aliphatic rings. The van der Waals surface area contributed by atoms with Gasteiger partial charge in [0, 0.05) is 4.47 Å². The van der Waals surface area contributed by atoms with Gasteiger partial charge >= 0.3 is 6.03 Å². The Morgan fingerprint density at radius 3 is 2.42 bits per heavy atom. The maximum absolute atomic E-state index is 12.3. The fourth-order valence-electron chi connectivity index (χ4n) is 2.51. The van der Waals surface area contributed by atoms with Gasteiger partial charge in [0.15, 0.2) is 0 Å². The highest BCUT2D eigenvalue weighted by atomic mass is 79.9. The molecule has 0 saturated carbocycles. The third kappa shape index (κ3) is 4.99. The Balaban J connectivity index is 1.98. The molecule has 2 atom stereocenters. The van der Waals surface area contributed by atoms with E-state index in [0.29, 0.717) is 0 Å². The molecule has 5 heteroatoms. The van der Waals surface area contributed by atoms with E-state index in [1.54, 1.807) is 7.11 Å². The minimum Gasteiger partial charge on any atom is -0.497 e. The van der Waals surface area contributed by atoms with Gasteiger partial charge in [-0.3, -0.25) is 0 Å². The van der Waals surface area contributed by atoms with Gasteiger partial charge in [-0.2, -0.15) is 0 Å². The summed E-state index contributed by atoms with van der Waals surface area (Å²) in [6.07, 6.45) is 0.811. The quantitative estimate of drug-likeness (QED) is 0.731. The molecule has 2 rings (SSSR count). The van der Waals surface area contributed by atoms with Crippen LogP contribution in [0.1, 0.15) is 43.5 Å². The Labute approximate surface area is 151 Å². The smallest absolute Gasteiger partial charge is 0.315 e. The summed E-state index contributed by atoms with van der Waals surface area (Å²) in [6, 6.07) is 15.4. The summed E-state index contributed by atoms with van der Waals surface area (Å²) in [7, 11) is 1.64. The van der Waals surface area contributed by atoms with Crippen LogP contribution in [-0.2, 0) is 0 Å². The predicted molar refractivity (Wildman–Crippen MR) is 100 cm³/mol. The third-order valence-electron chi connectivity index (χ3n) is 3.93. The Hall–Kier alpha value is -2.01. The first-order chi connectivity index (χ1) is 11.5. The first-order valence-corrected chi connectivity index (χ1v) is 8.79. The van der Waals surface area contributed by atoms with Crippen molar-refractivity contribution in [2.45, 2.75) is 32.4 Å². The van der Waals surface area contributed by atoms with Gasteiger partial charge in [-0.15, -0.1) is 0 Å². The van der Waals surface area contributed by atoms with Crippen LogP contribution in [0.5, 0.6) is 5.75 Å². The number of methoxy groups -OCH3 is 1. The molecule has 2 aromatic carbocycles. The number of nitrogens with one attached hydrogen (secondary N) is 2. The number of amides is 2. The lowest BCUT2D eigenvalue weighted by Gasteiger charge is -2.21. The SMILES string of the molecule is CCC(NC(=O)NC(C)c1cccc(Br)c1)c1ccc(OC)cc1. The van der Waals surface area contributed by atoms with Crippen molar-refractivity contribution in [1.82, 2.24) is 10.6 Å². The minimum atomic E-state index is -0.176. The van der Waals surface area contributed by atoms with Crippen molar-refractivity contribution < 1.29 is 9.53 Å². The van der Waals surface area contributed by atoms with E-state index >= 15 is 0 Å². The van der Waals surface area contributed by atoms with Crippen LogP contribution >= 0.6 is 15.9 Å². The second kappa shape index (κ2) is 8.73. The normalized spacial score (nSPS) is 13.0. The van der Waals surface area contributed by atoms with E-state index in [4.69, 9.17) is 4.74 Å². The molecule has 128 valence electrons. The number of halogens is 1. The van der Waals surface area contributed by atoms with Crippen molar-refractivity contribution in [2.24, 2.45) is 0 Å². The van der Waals surface area contributed by atoms with Crippen molar-refractivity contribution in [2.75, 3.05) is 7.11 Å². The van der Waals surface area contributed by atoms with Crippen molar-refractivity contribution in [3.8, 4) is 5.75 Å². The molecule has 2 aromatic rings. The van der Waals surface area contributed by atoms with Gasteiger partial charge in [0.1, 0.15) is 5.75 Å². The molecule has 2 amide bonds. The lowest BCUT2D eigenvalue weighted by atomic mass is 10.0. The van der Waals surface area contributed by atoms with Crippen molar-refractivity contribution in [1.29, 1.82) is 0 Å². The number of carbonyl (C=O) groups excluding carboxylic acids is 1. The average Bonchev–Trinajstić information content (AvgIpc) is 2.59. The number of hydrogen-bond acceptors (Lipinski definition) is 2. The summed E-state index contributed by atoms with van der Waals surface area (Å²) in [5.74, 6) is 0.807. The number of hydrogen-bond donors (Lipinski definition) is 2. The highest BCUT2D eigenvalue weighted by molar-refractivity contribution is 9.10. The van der Waals surface area contributed by atoms with Gasteiger partial charge in [0.05, 0.1) is 19.2 Å². The minimum absolute atomic E-state index is 0.0365. The molecule has 2 unspecified atom stereocenters. The summed E-state index contributed by atoms with van der Waals surface area (Å²) in [4.78, 5) is 12.3. The van der Waals surface area contributed by atoms with Crippen molar-refractivity contribution >= 4 is 22.0 Å². The number of benzene rings is 2. The van der Waals surface area contributed by atoms with Gasteiger partial charge in [-0.1, -0.05) is 47.1 Å². The summed E-state index contributed by atoms with van der Waals surface area (Å²) in [6.45, 7) is 4.02. The van der Waals surface area contributed by atoms with Gasteiger partial charge in [-0.25, -0.2) is 4.79 Å². The first kappa shape index (κ1) is 18.3. The largest absolute Gasteiger partial charge is 0.497 e.